The third-order valence-electron chi connectivity index (χ3n) is 2.28. The van der Waals surface area contributed by atoms with Gasteiger partial charge in [-0.25, -0.2) is 0 Å². The first-order valence-electron chi connectivity index (χ1n) is 4.55. The lowest BCUT2D eigenvalue weighted by atomic mass is 10.0. The average molecular weight is 255 g/mol. The molecule has 1 aliphatic rings. The van der Waals surface area contributed by atoms with E-state index in [0.29, 0.717) is 0 Å². The fourth-order valence-electron chi connectivity index (χ4n) is 1.48. The first-order valence-corrected chi connectivity index (χ1v) is 5.34. The lowest BCUT2D eigenvalue weighted by molar-refractivity contribution is 0.0108. The summed E-state index contributed by atoms with van der Waals surface area (Å²) in [6.45, 7) is 2.00. The Hall–Kier alpha value is -0.800. The van der Waals surface area contributed by atoms with Gasteiger partial charge in [0.15, 0.2) is 0 Å². The largest absolute Gasteiger partial charge is 0.461 e. The molecule has 0 amide bonds. The van der Waals surface area contributed by atoms with Crippen molar-refractivity contribution in [1.29, 1.82) is 0 Å². The van der Waals surface area contributed by atoms with Gasteiger partial charge in [-0.15, -0.1) is 0 Å². The van der Waals surface area contributed by atoms with Crippen LogP contribution in [-0.2, 0) is 0 Å². The predicted molar refractivity (Wildman–Crippen MR) is 59.0 cm³/mol. The zero-order chi connectivity index (χ0) is 10.1. The van der Waals surface area contributed by atoms with Crippen LogP contribution < -0.4 is 4.74 Å². The molecule has 1 unspecified atom stereocenters. The zero-order valence-electron chi connectivity index (χ0n) is 7.83. The molecule has 1 aromatic carbocycles. The minimum Gasteiger partial charge on any atom is -0.461 e. The first-order chi connectivity index (χ1) is 6.70. The minimum atomic E-state index is -0.784. The second-order valence-electron chi connectivity index (χ2n) is 3.23. The van der Waals surface area contributed by atoms with Gasteiger partial charge in [-0.05, 0) is 36.3 Å². The van der Waals surface area contributed by atoms with Crippen molar-refractivity contribution in [1.82, 2.24) is 0 Å². The highest BCUT2D eigenvalue weighted by Gasteiger charge is 2.18. The number of halogens is 1. The van der Waals surface area contributed by atoms with E-state index < -0.39 is 6.29 Å². The molecule has 0 saturated carbocycles. The van der Waals surface area contributed by atoms with Crippen molar-refractivity contribution in [3.8, 4) is 5.75 Å². The Morgan fingerprint density at radius 3 is 3.00 bits per heavy atom. The number of fused-ring (bicyclic) bond motifs is 1. The normalized spacial score (nSPS) is 19.6. The van der Waals surface area contributed by atoms with Crippen LogP contribution in [0.25, 0.3) is 6.08 Å². The maximum atomic E-state index is 9.58. The van der Waals surface area contributed by atoms with Crippen molar-refractivity contribution in [3.05, 3.63) is 33.8 Å². The molecule has 2 rings (SSSR count). The van der Waals surface area contributed by atoms with Crippen LogP contribution in [0.3, 0.4) is 0 Å². The summed E-state index contributed by atoms with van der Waals surface area (Å²) in [6.07, 6.45) is 2.00. The third kappa shape index (κ3) is 1.70. The Morgan fingerprint density at radius 1 is 1.50 bits per heavy atom. The smallest absolute Gasteiger partial charge is 0.220 e. The predicted octanol–water partition coefficient (Wildman–Crippen LogP) is 2.95. The molecule has 1 N–H and O–H groups in total. The summed E-state index contributed by atoms with van der Waals surface area (Å²) in [7, 11) is 0. The van der Waals surface area contributed by atoms with E-state index in [0.717, 1.165) is 27.8 Å². The Labute approximate surface area is 91.3 Å². The average Bonchev–Trinajstić information content (AvgIpc) is 2.17. The summed E-state index contributed by atoms with van der Waals surface area (Å²) in [5, 5.41) is 9.58. The Bertz CT molecular complexity index is 385. The highest BCUT2D eigenvalue weighted by atomic mass is 79.9. The van der Waals surface area contributed by atoms with Crippen molar-refractivity contribution in [2.45, 2.75) is 19.6 Å². The van der Waals surface area contributed by atoms with Crippen molar-refractivity contribution in [3.63, 3.8) is 0 Å². The fraction of sp³-hybridized carbons (Fsp3) is 0.273. The number of benzene rings is 1. The lowest BCUT2D eigenvalue weighted by Gasteiger charge is -2.22. The highest BCUT2D eigenvalue weighted by Crippen LogP contribution is 2.31. The second-order valence-corrected chi connectivity index (χ2v) is 4.14. The van der Waals surface area contributed by atoms with E-state index in [1.165, 1.54) is 0 Å². The van der Waals surface area contributed by atoms with Crippen LogP contribution in [-0.4, -0.2) is 11.4 Å². The van der Waals surface area contributed by atoms with E-state index in [2.05, 4.69) is 15.9 Å². The molecule has 3 heteroatoms. The molecule has 1 aliphatic heterocycles. The third-order valence-corrected chi connectivity index (χ3v) is 2.77. The van der Waals surface area contributed by atoms with Crippen molar-refractivity contribution in [2.24, 2.45) is 0 Å². The molecular weight excluding hydrogens is 244 g/mol. The van der Waals surface area contributed by atoms with E-state index >= 15 is 0 Å². The van der Waals surface area contributed by atoms with Gasteiger partial charge >= 0.3 is 0 Å². The quantitative estimate of drug-likeness (QED) is 0.835. The lowest BCUT2D eigenvalue weighted by Crippen LogP contribution is -2.21. The number of aliphatic hydroxyl groups is 1. The number of aliphatic hydroxyl groups excluding tert-OH is 1. The van der Waals surface area contributed by atoms with Gasteiger partial charge in [-0.2, -0.15) is 0 Å². The van der Waals surface area contributed by atoms with Crippen molar-refractivity contribution >= 4 is 22.0 Å². The van der Waals surface area contributed by atoms with Gasteiger partial charge in [0, 0.05) is 10.0 Å². The number of hydrogen-bond acceptors (Lipinski definition) is 2. The topological polar surface area (TPSA) is 29.5 Å². The summed E-state index contributed by atoms with van der Waals surface area (Å²) in [6, 6.07) is 5.73. The summed E-state index contributed by atoms with van der Waals surface area (Å²) >= 11 is 3.40. The molecular formula is C11H11BrO2. The molecule has 0 radical (unpaired) electrons. The first kappa shape index (κ1) is 9.74. The fourth-order valence-corrected chi connectivity index (χ4v) is 1.86. The summed E-state index contributed by atoms with van der Waals surface area (Å²) in [4.78, 5) is 0. The molecule has 0 aromatic heterocycles. The molecule has 74 valence electrons. The van der Waals surface area contributed by atoms with Crippen LogP contribution in [0.2, 0.25) is 0 Å². The second kappa shape index (κ2) is 3.75. The van der Waals surface area contributed by atoms with Gasteiger partial charge in [-0.3, -0.25) is 0 Å². The minimum absolute atomic E-state index is 0.734. The maximum Gasteiger partial charge on any atom is 0.220 e. The zero-order valence-corrected chi connectivity index (χ0v) is 9.41. The van der Waals surface area contributed by atoms with Crippen LogP contribution in [0, 0.1) is 0 Å². The maximum absolute atomic E-state index is 9.58. The molecule has 0 fully saturated rings. The molecule has 0 spiro atoms. The molecule has 1 heterocycles. The highest BCUT2D eigenvalue weighted by molar-refractivity contribution is 9.10. The Balaban J connectivity index is 2.46. The van der Waals surface area contributed by atoms with Gasteiger partial charge in [0.05, 0.1) is 0 Å². The van der Waals surface area contributed by atoms with E-state index in [9.17, 15) is 5.11 Å². The molecule has 0 saturated heterocycles. The van der Waals surface area contributed by atoms with Crippen LogP contribution >= 0.6 is 15.9 Å². The number of ether oxygens (including phenoxy) is 1. The summed E-state index contributed by atoms with van der Waals surface area (Å²) in [5.41, 5.74) is 1.93. The van der Waals surface area contributed by atoms with Crippen LogP contribution in [0.5, 0.6) is 5.75 Å². The van der Waals surface area contributed by atoms with Gasteiger partial charge in [0.25, 0.3) is 0 Å². The van der Waals surface area contributed by atoms with E-state index in [1.807, 2.05) is 31.2 Å². The Kier molecular flexibility index (Phi) is 2.61. The van der Waals surface area contributed by atoms with Crippen LogP contribution in [0.15, 0.2) is 28.2 Å². The van der Waals surface area contributed by atoms with E-state index in [1.54, 1.807) is 0 Å². The standard InChI is InChI=1S/C11H11BrO2/c1-2-7-5-8-6-9(12)3-4-10(8)14-11(7)13/h3-6,11,13H,2H2,1H3. The van der Waals surface area contributed by atoms with Crippen LogP contribution in [0.1, 0.15) is 18.9 Å². The van der Waals surface area contributed by atoms with E-state index in [-0.39, 0.29) is 0 Å². The van der Waals surface area contributed by atoms with Gasteiger partial charge in [0.1, 0.15) is 5.75 Å². The number of rotatable bonds is 1. The molecule has 2 nitrogen and oxygen atoms in total. The molecule has 0 aliphatic carbocycles. The summed E-state index contributed by atoms with van der Waals surface area (Å²) < 4.78 is 6.37. The van der Waals surface area contributed by atoms with Gasteiger partial charge < -0.3 is 9.84 Å². The molecule has 0 bridgehead atoms. The molecule has 1 aromatic rings. The monoisotopic (exact) mass is 254 g/mol. The van der Waals surface area contributed by atoms with Gasteiger partial charge in [0.2, 0.25) is 6.29 Å². The van der Waals surface area contributed by atoms with Crippen molar-refractivity contribution in [2.75, 3.05) is 0 Å². The number of hydrogen-bond donors (Lipinski definition) is 1. The SMILES string of the molecule is CCC1=Cc2cc(Br)ccc2OC1O. The Morgan fingerprint density at radius 2 is 2.29 bits per heavy atom. The molecule has 1 atom stereocenters. The van der Waals surface area contributed by atoms with Crippen molar-refractivity contribution < 1.29 is 9.84 Å². The van der Waals surface area contributed by atoms with Crippen LogP contribution in [0.4, 0.5) is 0 Å². The van der Waals surface area contributed by atoms with E-state index in [4.69, 9.17) is 4.74 Å². The molecule has 14 heavy (non-hydrogen) atoms. The van der Waals surface area contributed by atoms with Gasteiger partial charge in [-0.1, -0.05) is 22.9 Å². The summed E-state index contributed by atoms with van der Waals surface area (Å²) in [5.74, 6) is 0.734.